The van der Waals surface area contributed by atoms with Crippen LogP contribution in [-0.4, -0.2) is 4.98 Å². The average Bonchev–Trinajstić information content (AvgIpc) is 2.73. The molecule has 1 unspecified atom stereocenters. The summed E-state index contributed by atoms with van der Waals surface area (Å²) in [6.45, 7) is 4.52. The van der Waals surface area contributed by atoms with Gasteiger partial charge < -0.3 is 10.5 Å². The maximum absolute atomic E-state index is 5.83. The Morgan fingerprint density at radius 1 is 1.47 bits per heavy atom. The van der Waals surface area contributed by atoms with E-state index in [0.717, 1.165) is 21.2 Å². The van der Waals surface area contributed by atoms with E-state index < -0.39 is 0 Å². The van der Waals surface area contributed by atoms with E-state index in [2.05, 4.69) is 4.98 Å². The van der Waals surface area contributed by atoms with Crippen LogP contribution < -0.4 is 10.5 Å². The smallest absolute Gasteiger partial charge is 0.124 e. The van der Waals surface area contributed by atoms with Gasteiger partial charge in [-0.05, 0) is 31.5 Å². The molecular weight excluding hydrogens is 232 g/mol. The molecule has 0 bridgehead atoms. The maximum atomic E-state index is 5.83. The van der Waals surface area contributed by atoms with Gasteiger partial charge in [0, 0.05) is 12.2 Å². The maximum Gasteiger partial charge on any atom is 0.124 e. The third-order valence-electron chi connectivity index (χ3n) is 2.43. The molecule has 0 aliphatic carbocycles. The lowest BCUT2D eigenvalue weighted by atomic mass is 10.1. The fourth-order valence-corrected chi connectivity index (χ4v) is 2.22. The van der Waals surface area contributed by atoms with Crippen molar-refractivity contribution >= 4 is 11.3 Å². The van der Waals surface area contributed by atoms with Gasteiger partial charge >= 0.3 is 0 Å². The Kier molecular flexibility index (Phi) is 3.76. The third-order valence-corrected chi connectivity index (χ3v) is 3.32. The summed E-state index contributed by atoms with van der Waals surface area (Å²) in [7, 11) is 0. The van der Waals surface area contributed by atoms with Crippen LogP contribution in [0.5, 0.6) is 5.75 Å². The zero-order valence-electron chi connectivity index (χ0n) is 10.0. The molecule has 90 valence electrons. The molecule has 1 atom stereocenters. The standard InChI is InChI=1S/C13H16N2OS/c1-9(14)11-4-3-5-12(6-11)16-8-13-7-15-10(2)17-13/h3-7,9H,8,14H2,1-2H3. The first-order chi connectivity index (χ1) is 8.15. The van der Waals surface area contributed by atoms with Crippen molar-refractivity contribution < 1.29 is 4.74 Å². The highest BCUT2D eigenvalue weighted by Gasteiger charge is 2.03. The Hall–Kier alpha value is -1.39. The number of hydrogen-bond donors (Lipinski definition) is 1. The fourth-order valence-electron chi connectivity index (χ4n) is 1.51. The Morgan fingerprint density at radius 3 is 2.94 bits per heavy atom. The van der Waals surface area contributed by atoms with Crippen LogP contribution in [0.4, 0.5) is 0 Å². The van der Waals surface area contributed by atoms with Crippen molar-refractivity contribution in [1.29, 1.82) is 0 Å². The van der Waals surface area contributed by atoms with Crippen molar-refractivity contribution in [3.8, 4) is 5.75 Å². The van der Waals surface area contributed by atoms with Crippen molar-refractivity contribution in [3.05, 3.63) is 45.9 Å². The molecule has 0 saturated carbocycles. The lowest BCUT2D eigenvalue weighted by molar-refractivity contribution is 0.309. The number of ether oxygens (including phenoxy) is 1. The molecule has 2 N–H and O–H groups in total. The summed E-state index contributed by atoms with van der Waals surface area (Å²) in [5, 5.41) is 1.06. The monoisotopic (exact) mass is 248 g/mol. The van der Waals surface area contributed by atoms with E-state index in [1.165, 1.54) is 0 Å². The second-order valence-corrected chi connectivity index (χ2v) is 5.31. The molecule has 0 amide bonds. The second kappa shape index (κ2) is 5.29. The molecule has 1 aromatic carbocycles. The highest BCUT2D eigenvalue weighted by atomic mass is 32.1. The Balaban J connectivity index is 2.01. The Bertz CT molecular complexity index is 494. The molecule has 0 aliphatic rings. The number of aryl methyl sites for hydroxylation is 1. The Labute approximate surface area is 105 Å². The van der Waals surface area contributed by atoms with Gasteiger partial charge in [-0.2, -0.15) is 0 Å². The summed E-state index contributed by atoms with van der Waals surface area (Å²) in [6, 6.07) is 7.93. The molecule has 0 spiro atoms. The zero-order valence-corrected chi connectivity index (χ0v) is 10.8. The Morgan fingerprint density at radius 2 is 2.29 bits per heavy atom. The quantitative estimate of drug-likeness (QED) is 0.904. The molecule has 1 heterocycles. The summed E-state index contributed by atoms with van der Waals surface area (Å²) >= 11 is 1.66. The van der Waals surface area contributed by atoms with Crippen LogP contribution in [0.25, 0.3) is 0 Å². The van der Waals surface area contributed by atoms with Crippen LogP contribution in [0.15, 0.2) is 30.5 Å². The van der Waals surface area contributed by atoms with E-state index in [-0.39, 0.29) is 6.04 Å². The average molecular weight is 248 g/mol. The number of benzene rings is 1. The van der Waals surface area contributed by atoms with Crippen LogP contribution in [0.1, 0.15) is 28.4 Å². The van der Waals surface area contributed by atoms with Gasteiger partial charge in [0.2, 0.25) is 0 Å². The lowest BCUT2D eigenvalue weighted by Crippen LogP contribution is -2.05. The summed E-state index contributed by atoms with van der Waals surface area (Å²) in [5.74, 6) is 0.853. The first-order valence-electron chi connectivity index (χ1n) is 5.55. The third kappa shape index (κ3) is 3.28. The van der Waals surface area contributed by atoms with Crippen molar-refractivity contribution in [2.45, 2.75) is 26.5 Å². The topological polar surface area (TPSA) is 48.1 Å². The van der Waals surface area contributed by atoms with Crippen molar-refractivity contribution in [2.75, 3.05) is 0 Å². The van der Waals surface area contributed by atoms with Gasteiger partial charge in [0.1, 0.15) is 12.4 Å². The van der Waals surface area contributed by atoms with Crippen LogP contribution in [-0.2, 0) is 6.61 Å². The van der Waals surface area contributed by atoms with E-state index in [9.17, 15) is 0 Å². The van der Waals surface area contributed by atoms with Crippen molar-refractivity contribution in [1.82, 2.24) is 4.98 Å². The minimum absolute atomic E-state index is 0.0317. The van der Waals surface area contributed by atoms with Crippen molar-refractivity contribution in [2.24, 2.45) is 5.73 Å². The van der Waals surface area contributed by atoms with Gasteiger partial charge in [0.25, 0.3) is 0 Å². The van der Waals surface area contributed by atoms with Gasteiger partial charge in [-0.25, -0.2) is 4.98 Å². The van der Waals surface area contributed by atoms with E-state index in [1.54, 1.807) is 11.3 Å². The van der Waals surface area contributed by atoms with Crippen molar-refractivity contribution in [3.63, 3.8) is 0 Å². The highest BCUT2D eigenvalue weighted by Crippen LogP contribution is 2.20. The first-order valence-corrected chi connectivity index (χ1v) is 6.36. The van der Waals surface area contributed by atoms with E-state index in [4.69, 9.17) is 10.5 Å². The van der Waals surface area contributed by atoms with Gasteiger partial charge in [-0.15, -0.1) is 11.3 Å². The molecule has 3 nitrogen and oxygen atoms in total. The molecule has 4 heteroatoms. The van der Waals surface area contributed by atoms with E-state index >= 15 is 0 Å². The SMILES string of the molecule is Cc1ncc(COc2cccc(C(C)N)c2)s1. The van der Waals surface area contributed by atoms with Gasteiger partial charge in [-0.1, -0.05) is 12.1 Å². The number of aromatic nitrogens is 1. The fraction of sp³-hybridized carbons (Fsp3) is 0.308. The normalized spacial score (nSPS) is 12.4. The molecule has 0 saturated heterocycles. The van der Waals surface area contributed by atoms with E-state index in [0.29, 0.717) is 6.61 Å². The van der Waals surface area contributed by atoms with Crippen LogP contribution in [0.2, 0.25) is 0 Å². The van der Waals surface area contributed by atoms with Gasteiger partial charge in [0.15, 0.2) is 0 Å². The largest absolute Gasteiger partial charge is 0.488 e. The number of hydrogen-bond acceptors (Lipinski definition) is 4. The molecule has 17 heavy (non-hydrogen) atoms. The molecule has 1 aromatic heterocycles. The number of nitrogens with zero attached hydrogens (tertiary/aromatic N) is 1. The van der Waals surface area contributed by atoms with Crippen LogP contribution in [0, 0.1) is 6.92 Å². The minimum atomic E-state index is 0.0317. The van der Waals surface area contributed by atoms with Gasteiger partial charge in [0.05, 0.1) is 9.88 Å². The lowest BCUT2D eigenvalue weighted by Gasteiger charge is -2.09. The molecule has 2 rings (SSSR count). The first kappa shape index (κ1) is 12.1. The predicted octanol–water partition coefficient (Wildman–Crippen LogP) is 3.05. The molecule has 0 radical (unpaired) electrons. The molecule has 2 aromatic rings. The minimum Gasteiger partial charge on any atom is -0.488 e. The summed E-state index contributed by atoms with van der Waals surface area (Å²) < 4.78 is 5.71. The van der Waals surface area contributed by atoms with Gasteiger partial charge in [-0.3, -0.25) is 0 Å². The number of thiazole rings is 1. The van der Waals surface area contributed by atoms with E-state index in [1.807, 2.05) is 44.3 Å². The summed E-state index contributed by atoms with van der Waals surface area (Å²) in [5.41, 5.74) is 6.92. The molecule has 0 aliphatic heterocycles. The second-order valence-electron chi connectivity index (χ2n) is 4.00. The number of rotatable bonds is 4. The zero-order chi connectivity index (χ0) is 12.3. The molecular formula is C13H16N2OS. The summed E-state index contributed by atoms with van der Waals surface area (Å²) in [4.78, 5) is 5.33. The molecule has 0 fully saturated rings. The predicted molar refractivity (Wildman–Crippen MR) is 70.2 cm³/mol. The highest BCUT2D eigenvalue weighted by molar-refractivity contribution is 7.11. The number of nitrogens with two attached hydrogens (primary N) is 1. The summed E-state index contributed by atoms with van der Waals surface area (Å²) in [6.07, 6.45) is 1.86. The van der Waals surface area contributed by atoms with Crippen LogP contribution >= 0.6 is 11.3 Å². The van der Waals surface area contributed by atoms with Crippen LogP contribution in [0.3, 0.4) is 0 Å².